The molecule has 132 valence electrons. The number of anilines is 2. The molecule has 1 aromatic heterocycles. The molecule has 1 aliphatic heterocycles. The molecule has 2 aromatic rings. The number of hydrogen-bond acceptors (Lipinski definition) is 5. The lowest BCUT2D eigenvalue weighted by Crippen LogP contribution is -2.30. The Labute approximate surface area is 158 Å². The number of piperidine rings is 1. The van der Waals surface area contributed by atoms with Gasteiger partial charge in [-0.15, -0.1) is 0 Å². The number of halogens is 2. The SMILES string of the molecule is O=C(CSc1nccc(N2CCCCC2)n1)Nc1ccc(Br)cc1F. The van der Waals surface area contributed by atoms with E-state index in [9.17, 15) is 9.18 Å². The van der Waals surface area contributed by atoms with Gasteiger partial charge in [-0.3, -0.25) is 4.79 Å². The number of nitrogens with one attached hydrogen (secondary N) is 1. The Bertz CT molecular complexity index is 755. The average Bonchev–Trinajstić information content (AvgIpc) is 2.63. The zero-order valence-corrected chi connectivity index (χ0v) is 15.9. The van der Waals surface area contributed by atoms with E-state index in [2.05, 4.69) is 36.1 Å². The predicted octanol–water partition coefficient (Wildman–Crippen LogP) is 4.10. The second-order valence-electron chi connectivity index (χ2n) is 5.71. The summed E-state index contributed by atoms with van der Waals surface area (Å²) in [4.78, 5) is 23.0. The number of rotatable bonds is 5. The Morgan fingerprint density at radius 3 is 2.84 bits per heavy atom. The van der Waals surface area contributed by atoms with E-state index in [0.29, 0.717) is 9.63 Å². The molecule has 1 aliphatic rings. The van der Waals surface area contributed by atoms with Crippen molar-refractivity contribution in [3.63, 3.8) is 0 Å². The summed E-state index contributed by atoms with van der Waals surface area (Å²) in [5.74, 6) is 0.254. The van der Waals surface area contributed by atoms with E-state index in [0.717, 1.165) is 18.9 Å². The molecule has 3 rings (SSSR count). The number of carbonyl (C=O) groups is 1. The molecule has 0 unspecified atom stereocenters. The van der Waals surface area contributed by atoms with Gasteiger partial charge in [0.15, 0.2) is 5.16 Å². The van der Waals surface area contributed by atoms with E-state index in [1.807, 2.05) is 6.07 Å². The first kappa shape index (κ1) is 18.1. The lowest BCUT2D eigenvalue weighted by molar-refractivity contribution is -0.113. The van der Waals surface area contributed by atoms with E-state index in [-0.39, 0.29) is 17.3 Å². The average molecular weight is 425 g/mol. The molecular formula is C17H18BrFN4OS. The lowest BCUT2D eigenvalue weighted by Gasteiger charge is -2.27. The van der Waals surface area contributed by atoms with Crippen LogP contribution in [0.15, 0.2) is 40.1 Å². The van der Waals surface area contributed by atoms with E-state index in [1.54, 1.807) is 12.3 Å². The lowest BCUT2D eigenvalue weighted by atomic mass is 10.1. The van der Waals surface area contributed by atoms with Crippen molar-refractivity contribution in [1.82, 2.24) is 9.97 Å². The summed E-state index contributed by atoms with van der Waals surface area (Å²) in [6, 6.07) is 6.41. The number of carbonyl (C=O) groups excluding carboxylic acids is 1. The third-order valence-electron chi connectivity index (χ3n) is 3.84. The maximum atomic E-state index is 13.8. The van der Waals surface area contributed by atoms with Crippen molar-refractivity contribution in [1.29, 1.82) is 0 Å². The maximum absolute atomic E-state index is 13.8. The molecule has 0 bridgehead atoms. The van der Waals surface area contributed by atoms with Gasteiger partial charge in [-0.1, -0.05) is 27.7 Å². The third-order valence-corrected chi connectivity index (χ3v) is 5.19. The smallest absolute Gasteiger partial charge is 0.234 e. The van der Waals surface area contributed by atoms with Crippen molar-refractivity contribution < 1.29 is 9.18 Å². The normalized spacial score (nSPS) is 14.4. The van der Waals surface area contributed by atoms with Crippen LogP contribution in [0.25, 0.3) is 0 Å². The van der Waals surface area contributed by atoms with Crippen LogP contribution < -0.4 is 10.2 Å². The summed E-state index contributed by atoms with van der Waals surface area (Å²) in [6.07, 6.45) is 5.32. The van der Waals surface area contributed by atoms with Crippen LogP contribution in [0, 0.1) is 5.82 Å². The van der Waals surface area contributed by atoms with Gasteiger partial charge in [0.2, 0.25) is 5.91 Å². The van der Waals surface area contributed by atoms with Crippen LogP contribution >= 0.6 is 27.7 Å². The first-order chi connectivity index (χ1) is 12.1. The molecule has 0 saturated carbocycles. The zero-order valence-electron chi connectivity index (χ0n) is 13.5. The van der Waals surface area contributed by atoms with Crippen LogP contribution in [0.3, 0.4) is 0 Å². The molecule has 0 atom stereocenters. The fourth-order valence-electron chi connectivity index (χ4n) is 2.61. The van der Waals surface area contributed by atoms with E-state index in [4.69, 9.17) is 0 Å². The minimum Gasteiger partial charge on any atom is -0.356 e. The number of benzene rings is 1. The molecule has 5 nitrogen and oxygen atoms in total. The Morgan fingerprint density at radius 1 is 1.28 bits per heavy atom. The van der Waals surface area contributed by atoms with Crippen molar-refractivity contribution in [3.05, 3.63) is 40.8 Å². The molecule has 1 aromatic carbocycles. The van der Waals surface area contributed by atoms with Crippen LogP contribution in [-0.2, 0) is 4.79 Å². The standard InChI is InChI=1S/C17H18BrFN4OS/c18-12-4-5-14(13(19)10-12)21-16(24)11-25-17-20-7-6-15(22-17)23-8-2-1-3-9-23/h4-7,10H,1-3,8-9,11H2,(H,21,24). The summed E-state index contributed by atoms with van der Waals surface area (Å²) in [6.45, 7) is 2.01. The van der Waals surface area contributed by atoms with Gasteiger partial charge in [0, 0.05) is 23.8 Å². The van der Waals surface area contributed by atoms with Crippen molar-refractivity contribution in [2.24, 2.45) is 0 Å². The van der Waals surface area contributed by atoms with Gasteiger partial charge >= 0.3 is 0 Å². The van der Waals surface area contributed by atoms with Crippen molar-refractivity contribution >= 4 is 45.1 Å². The molecular weight excluding hydrogens is 407 g/mol. The van der Waals surface area contributed by atoms with Crippen LogP contribution in [0.4, 0.5) is 15.9 Å². The van der Waals surface area contributed by atoms with Gasteiger partial charge in [-0.05, 0) is 43.5 Å². The molecule has 0 aliphatic carbocycles. The molecule has 1 fully saturated rings. The Balaban J connectivity index is 1.56. The highest BCUT2D eigenvalue weighted by Gasteiger charge is 2.14. The third kappa shape index (κ3) is 5.15. The second-order valence-corrected chi connectivity index (χ2v) is 7.56. The number of thioether (sulfide) groups is 1. The van der Waals surface area contributed by atoms with Gasteiger partial charge in [0.25, 0.3) is 0 Å². The summed E-state index contributed by atoms with van der Waals surface area (Å²) in [5, 5.41) is 3.11. The highest BCUT2D eigenvalue weighted by molar-refractivity contribution is 9.10. The van der Waals surface area contributed by atoms with E-state index < -0.39 is 5.82 Å². The molecule has 25 heavy (non-hydrogen) atoms. The Kier molecular flexibility index (Phi) is 6.25. The highest BCUT2D eigenvalue weighted by atomic mass is 79.9. The van der Waals surface area contributed by atoms with Gasteiger partial charge < -0.3 is 10.2 Å². The van der Waals surface area contributed by atoms with E-state index in [1.165, 1.54) is 43.2 Å². The Hall–Kier alpha value is -1.67. The fourth-order valence-corrected chi connectivity index (χ4v) is 3.57. The molecule has 0 spiro atoms. The van der Waals surface area contributed by atoms with Crippen LogP contribution in [-0.4, -0.2) is 34.7 Å². The second kappa shape index (κ2) is 8.62. The van der Waals surface area contributed by atoms with Gasteiger partial charge in [0.1, 0.15) is 11.6 Å². The topological polar surface area (TPSA) is 58.1 Å². The van der Waals surface area contributed by atoms with Crippen LogP contribution in [0.5, 0.6) is 0 Å². The van der Waals surface area contributed by atoms with E-state index >= 15 is 0 Å². The summed E-state index contributed by atoms with van der Waals surface area (Å²) in [5.41, 5.74) is 0.164. The first-order valence-corrected chi connectivity index (χ1v) is 9.85. The number of nitrogens with zero attached hydrogens (tertiary/aromatic N) is 3. The van der Waals surface area contributed by atoms with Crippen LogP contribution in [0.1, 0.15) is 19.3 Å². The Morgan fingerprint density at radius 2 is 2.08 bits per heavy atom. The number of hydrogen-bond donors (Lipinski definition) is 1. The quantitative estimate of drug-likeness (QED) is 0.578. The van der Waals surface area contributed by atoms with Crippen molar-refractivity contribution in [2.75, 3.05) is 29.1 Å². The summed E-state index contributed by atoms with van der Waals surface area (Å²) in [7, 11) is 0. The summed E-state index contributed by atoms with van der Waals surface area (Å²) < 4.78 is 14.4. The minimum atomic E-state index is -0.476. The first-order valence-electron chi connectivity index (χ1n) is 8.07. The molecule has 2 heterocycles. The molecule has 1 N–H and O–H groups in total. The minimum absolute atomic E-state index is 0.124. The van der Waals surface area contributed by atoms with Crippen molar-refractivity contribution in [3.8, 4) is 0 Å². The zero-order chi connectivity index (χ0) is 17.6. The molecule has 0 radical (unpaired) electrons. The van der Waals surface area contributed by atoms with Gasteiger partial charge in [0.05, 0.1) is 11.4 Å². The summed E-state index contributed by atoms with van der Waals surface area (Å²) >= 11 is 4.43. The van der Waals surface area contributed by atoms with Crippen molar-refractivity contribution in [2.45, 2.75) is 24.4 Å². The highest BCUT2D eigenvalue weighted by Crippen LogP contribution is 2.22. The predicted molar refractivity (Wildman–Crippen MR) is 102 cm³/mol. The van der Waals surface area contributed by atoms with Crippen LogP contribution in [0.2, 0.25) is 0 Å². The fraction of sp³-hybridized carbons (Fsp3) is 0.353. The monoisotopic (exact) mass is 424 g/mol. The maximum Gasteiger partial charge on any atom is 0.234 e. The number of amides is 1. The molecule has 1 amide bonds. The molecule has 1 saturated heterocycles. The largest absolute Gasteiger partial charge is 0.356 e. The number of aromatic nitrogens is 2. The van der Waals surface area contributed by atoms with Gasteiger partial charge in [-0.25, -0.2) is 14.4 Å². The molecule has 8 heteroatoms. The van der Waals surface area contributed by atoms with Gasteiger partial charge in [-0.2, -0.15) is 0 Å².